The first-order chi connectivity index (χ1) is 30.3. The van der Waals surface area contributed by atoms with E-state index in [2.05, 4.69) is 92.0 Å². The molecule has 4 aromatic carbocycles. The van der Waals surface area contributed by atoms with Crippen LogP contribution in [-0.4, -0.2) is 11.8 Å². The first-order valence-corrected chi connectivity index (χ1v) is 24.9. The minimum Gasteiger partial charge on any atom is -0.322 e. The van der Waals surface area contributed by atoms with Crippen LogP contribution in [0.15, 0.2) is 84.9 Å². The number of nitrogens with zero attached hydrogens (tertiary/aromatic N) is 1. The lowest BCUT2D eigenvalue weighted by molar-refractivity contribution is -0.0282. The van der Waals surface area contributed by atoms with Crippen molar-refractivity contribution in [2.75, 3.05) is 10.6 Å². The highest BCUT2D eigenvalue weighted by molar-refractivity contribution is 6.32. The second kappa shape index (κ2) is 22.6. The molecule has 0 unspecified atom stereocenters. The molecule has 4 saturated carbocycles. The molecule has 0 aliphatic heterocycles. The third-order valence-corrected chi connectivity index (χ3v) is 15.0. The highest BCUT2D eigenvalue weighted by Gasteiger charge is 2.47. The highest BCUT2D eigenvalue weighted by atomic mass is 35.5. The molecule has 4 aliphatic rings. The maximum atomic E-state index is 12.5. The maximum Gasteiger partial charge on any atom is 0.255 e. The molecule has 4 fully saturated rings. The van der Waals surface area contributed by atoms with E-state index < -0.39 is 5.41 Å². The number of fused-ring (bicyclic) bond motifs is 3. The summed E-state index contributed by atoms with van der Waals surface area (Å²) in [7, 11) is 0. The number of rotatable bonds is 9. The van der Waals surface area contributed by atoms with Crippen molar-refractivity contribution in [2.24, 2.45) is 28.6 Å². The fraction of sp³-hybridized carbons (Fsp3) is 0.534. The molecule has 5 nitrogen and oxygen atoms in total. The van der Waals surface area contributed by atoms with Gasteiger partial charge in [0.25, 0.3) is 11.8 Å². The number of carbonyl (C=O) groups excluding carboxylic acids is 2. The Morgan fingerprint density at radius 2 is 1.05 bits per heavy atom. The van der Waals surface area contributed by atoms with Gasteiger partial charge in [-0.1, -0.05) is 131 Å². The molecule has 2 bridgehead atoms. The molecule has 0 heterocycles. The zero-order chi connectivity index (χ0) is 48.5. The molecule has 7 heteroatoms. The second-order valence-corrected chi connectivity index (χ2v) is 23.1. The fourth-order valence-corrected chi connectivity index (χ4v) is 9.48. The maximum absolute atomic E-state index is 12.5. The Balaban J connectivity index is 0.000000208. The second-order valence-electron chi connectivity index (χ2n) is 22.2. The van der Waals surface area contributed by atoms with Gasteiger partial charge in [-0.2, -0.15) is 5.26 Å². The van der Waals surface area contributed by atoms with Gasteiger partial charge in [0, 0.05) is 32.5 Å². The van der Waals surface area contributed by atoms with Crippen LogP contribution >= 0.6 is 23.2 Å². The van der Waals surface area contributed by atoms with Crippen LogP contribution in [0.3, 0.4) is 0 Å². The molecule has 4 aliphatic carbocycles. The Morgan fingerprint density at radius 3 is 1.38 bits per heavy atom. The lowest BCUT2D eigenvalue weighted by Crippen LogP contribution is -2.42. The predicted molar refractivity (Wildman–Crippen MR) is 278 cm³/mol. The summed E-state index contributed by atoms with van der Waals surface area (Å²) < 4.78 is 0. The molecule has 8 rings (SSSR count). The lowest BCUT2D eigenvalue weighted by atomic mass is 9.51. The van der Waals surface area contributed by atoms with Crippen LogP contribution in [0.5, 0.6) is 0 Å². The lowest BCUT2D eigenvalue weighted by Gasteiger charge is -2.54. The standard InChI is InChI=1S/C20H21ClN2O.C20H24ClNO.C12H22.C6H12/c1-13(2)17-10-14(8-9-18(17)21)19(24)23-16-7-5-6-15(11-16)20(3,4)12-22;1-13(2)17-11-14(9-10-18(17)21)19(23)22-16-8-6-7-15(12-16)20(3,4)5;1-10(2)12-7-4-11(3,5-8-12)6-9-12;1-5(2)6-3-4-6/h5-11,13H,1-4H3,(H,23,24);6-13H,1-5H3,(H,22,23);10H,4-9H2,1-3H3;5-6H,3-4H2,1-2H3. The van der Waals surface area contributed by atoms with Gasteiger partial charge in [0.1, 0.15) is 0 Å². The van der Waals surface area contributed by atoms with Crippen molar-refractivity contribution in [1.82, 2.24) is 0 Å². The molecule has 0 saturated heterocycles. The van der Waals surface area contributed by atoms with Crippen LogP contribution in [0.1, 0.15) is 203 Å². The van der Waals surface area contributed by atoms with Gasteiger partial charge >= 0.3 is 0 Å². The quantitative estimate of drug-likeness (QED) is 0.175. The van der Waals surface area contributed by atoms with E-state index in [1.165, 1.54) is 56.9 Å². The van der Waals surface area contributed by atoms with Crippen LogP contribution in [-0.2, 0) is 10.8 Å². The fourth-order valence-electron chi connectivity index (χ4n) is 8.81. The number of nitriles is 1. The minimum absolute atomic E-state index is 0.0474. The summed E-state index contributed by atoms with van der Waals surface area (Å²) in [4.78, 5) is 25.0. The molecule has 0 aromatic heterocycles. The van der Waals surface area contributed by atoms with Crippen molar-refractivity contribution in [3.05, 3.63) is 128 Å². The topological polar surface area (TPSA) is 82.0 Å². The summed E-state index contributed by atoms with van der Waals surface area (Å²) in [6.07, 6.45) is 12.1. The summed E-state index contributed by atoms with van der Waals surface area (Å²) >= 11 is 12.4. The minimum atomic E-state index is -0.605. The highest BCUT2D eigenvalue weighted by Crippen LogP contribution is 2.59. The van der Waals surface area contributed by atoms with Crippen molar-refractivity contribution in [3.63, 3.8) is 0 Å². The Hall–Kier alpha value is -4.11. The largest absolute Gasteiger partial charge is 0.322 e. The molecule has 0 radical (unpaired) electrons. The van der Waals surface area contributed by atoms with Gasteiger partial charge in [0.2, 0.25) is 0 Å². The van der Waals surface area contributed by atoms with Crippen molar-refractivity contribution in [1.29, 1.82) is 5.26 Å². The number of carbonyl (C=O) groups is 2. The van der Waals surface area contributed by atoms with Crippen LogP contribution in [0.4, 0.5) is 11.4 Å². The smallest absolute Gasteiger partial charge is 0.255 e. The molecule has 65 heavy (non-hydrogen) atoms. The Morgan fingerprint density at radius 1 is 0.631 bits per heavy atom. The average Bonchev–Trinajstić information content (AvgIpc) is 4.11. The van der Waals surface area contributed by atoms with E-state index in [-0.39, 0.29) is 29.1 Å². The average molecular weight is 921 g/mol. The number of nitrogens with one attached hydrogen (secondary N) is 2. The monoisotopic (exact) mass is 920 g/mol. The molecule has 0 atom stereocenters. The summed E-state index contributed by atoms with van der Waals surface area (Å²) in [6, 6.07) is 28.3. The Labute approximate surface area is 403 Å². The number of hydrogen-bond donors (Lipinski definition) is 2. The van der Waals surface area contributed by atoms with E-state index >= 15 is 0 Å². The molecule has 2 N–H and O–H groups in total. The molecular formula is C58H79Cl2N3O2. The zero-order valence-electron chi connectivity index (χ0n) is 42.1. The van der Waals surface area contributed by atoms with Crippen LogP contribution in [0.2, 0.25) is 10.0 Å². The van der Waals surface area contributed by atoms with E-state index in [0.717, 1.165) is 51.0 Å². The zero-order valence-corrected chi connectivity index (χ0v) is 43.7. The van der Waals surface area contributed by atoms with Crippen LogP contribution in [0, 0.1) is 39.9 Å². The van der Waals surface area contributed by atoms with Crippen molar-refractivity contribution in [2.45, 2.75) is 171 Å². The molecule has 0 spiro atoms. The number of hydrogen-bond acceptors (Lipinski definition) is 3. The third-order valence-electron chi connectivity index (χ3n) is 14.3. The van der Waals surface area contributed by atoms with Crippen LogP contribution in [0.25, 0.3) is 0 Å². The first kappa shape index (κ1) is 53.5. The van der Waals surface area contributed by atoms with Gasteiger partial charge in [-0.05, 0) is 194 Å². The van der Waals surface area contributed by atoms with E-state index in [4.69, 9.17) is 23.2 Å². The SMILES string of the molecule is CC(C)C12CCC(C)(CC1)CC2.CC(C)C1CC1.CC(C)c1cc(C(=O)Nc2cccc(C(C)(C)C#N)c2)ccc1Cl.CC(C)c1cc(C(=O)Nc2cccc(C(C)(C)C)c2)ccc1Cl. The van der Waals surface area contributed by atoms with Gasteiger partial charge in [0.15, 0.2) is 0 Å². The van der Waals surface area contributed by atoms with E-state index in [1.807, 2.05) is 82.3 Å². The third kappa shape index (κ3) is 15.2. The number of anilines is 2. The molecule has 352 valence electrons. The van der Waals surface area contributed by atoms with Crippen molar-refractivity contribution in [3.8, 4) is 6.07 Å². The molecule has 4 aromatic rings. The number of amides is 2. The summed E-state index contributed by atoms with van der Waals surface area (Å²) in [5.74, 6) is 3.19. The van der Waals surface area contributed by atoms with Crippen molar-refractivity contribution < 1.29 is 9.59 Å². The van der Waals surface area contributed by atoms with Crippen molar-refractivity contribution >= 4 is 46.4 Å². The number of halogens is 2. The molecular weight excluding hydrogens is 842 g/mol. The first-order valence-electron chi connectivity index (χ1n) is 24.1. The summed E-state index contributed by atoms with van der Waals surface area (Å²) in [6.45, 7) is 30.3. The van der Waals surface area contributed by atoms with E-state index in [0.29, 0.717) is 26.9 Å². The van der Waals surface area contributed by atoms with Gasteiger partial charge < -0.3 is 10.6 Å². The molecule has 2 amide bonds. The normalized spacial score (nSPS) is 19.0. The Kier molecular flexibility index (Phi) is 18.6. The van der Waals surface area contributed by atoms with Crippen LogP contribution < -0.4 is 10.6 Å². The summed E-state index contributed by atoms with van der Waals surface area (Å²) in [5.41, 5.74) is 7.60. The van der Waals surface area contributed by atoms with E-state index in [1.54, 1.807) is 24.3 Å². The van der Waals surface area contributed by atoms with E-state index in [9.17, 15) is 14.9 Å². The van der Waals surface area contributed by atoms with Gasteiger partial charge in [0.05, 0.1) is 11.5 Å². The Bertz CT molecular complexity index is 2250. The predicted octanol–water partition coefficient (Wildman–Crippen LogP) is 17.6. The van der Waals surface area contributed by atoms with Gasteiger partial charge in [-0.3, -0.25) is 9.59 Å². The summed E-state index contributed by atoms with van der Waals surface area (Å²) in [5, 5.41) is 16.5. The number of benzene rings is 4. The van der Waals surface area contributed by atoms with Gasteiger partial charge in [-0.15, -0.1) is 0 Å². The van der Waals surface area contributed by atoms with Gasteiger partial charge in [-0.25, -0.2) is 0 Å².